The van der Waals surface area contributed by atoms with Crippen molar-refractivity contribution in [3.8, 4) is 45.3 Å². The first-order chi connectivity index (χ1) is 41.8. The zero-order valence-electron chi connectivity index (χ0n) is 47.8. The molecule has 0 amide bonds. The van der Waals surface area contributed by atoms with E-state index in [4.69, 9.17) is 25.1 Å². The van der Waals surface area contributed by atoms with Crippen LogP contribution in [0.3, 0.4) is 0 Å². The van der Waals surface area contributed by atoms with Gasteiger partial charge in [-0.3, -0.25) is 0 Å². The van der Waals surface area contributed by atoms with Crippen LogP contribution in [-0.2, 0) is 0 Å². The molecule has 4 N–H and O–H groups in total. The number of hydrogen-bond acceptors (Lipinski definition) is 15. The highest BCUT2D eigenvalue weighted by Gasteiger charge is 2.31. The fourth-order valence-corrected chi connectivity index (χ4v) is 12.5. The van der Waals surface area contributed by atoms with Gasteiger partial charge in [0, 0.05) is 74.9 Å². The Morgan fingerprint density at radius 3 is 1.37 bits per heavy atom. The highest BCUT2D eigenvalue weighted by Crippen LogP contribution is 2.38. The minimum absolute atomic E-state index is 0. The topological polar surface area (TPSA) is 183 Å². The van der Waals surface area contributed by atoms with Gasteiger partial charge in [-0.15, -0.1) is 10.2 Å². The number of pyridine rings is 4. The molecule has 1 aliphatic carbocycles. The van der Waals surface area contributed by atoms with Crippen molar-refractivity contribution in [2.45, 2.75) is 102 Å². The van der Waals surface area contributed by atoms with Crippen molar-refractivity contribution in [1.29, 1.82) is 0 Å². The standard InChI is InChI=1S/C34H35FN8.C31H30FN7O.CH5N.CH4/c35-25-5-1-4-24(20-25)30-8-3-17-42(30)33-12-11-32-37-22-31(43(32)40-33)29-7-2-6-28(39-29)23-13-16-36-34(21-23)41-18-14-27(15-19-41)38-26-9-10-26;32-23-5-1-4-22(18-23)27-8-3-15-38(27)30-10-9-29-34-20-28(39(29)36-30)26-7-2-6-25(35-26)21-11-14-33-31(19-21)37-16-12-24(40)13-17-37;1-2;/h1-2,4-7,11-13,16,20-22,26-27,30,38H,3,8-10,14-15,17-19H2;1-2,4-7,9-11,14,18-20,24,27,40H,3,8,12-13,15-17H2;2H2,1H3;1H4. The van der Waals surface area contributed by atoms with E-state index in [-0.39, 0.29) is 37.2 Å². The molecule has 2 unspecified atom stereocenters. The van der Waals surface area contributed by atoms with Gasteiger partial charge in [-0.1, -0.05) is 43.8 Å². The highest BCUT2D eigenvalue weighted by atomic mass is 19.1. The maximum Gasteiger partial charge on any atom is 0.154 e. The van der Waals surface area contributed by atoms with E-state index in [9.17, 15) is 13.9 Å². The van der Waals surface area contributed by atoms with Crippen molar-refractivity contribution < 1.29 is 13.9 Å². The van der Waals surface area contributed by atoms with Gasteiger partial charge in [0.25, 0.3) is 0 Å². The fraction of sp³-hybridized carbons (Fsp3) is 0.343. The second-order valence-electron chi connectivity index (χ2n) is 22.6. The maximum absolute atomic E-state index is 14.0. The molecule has 2 aromatic carbocycles. The third kappa shape index (κ3) is 12.5. The van der Waals surface area contributed by atoms with Crippen molar-refractivity contribution in [2.24, 2.45) is 5.73 Å². The molecule has 4 saturated heterocycles. The first-order valence-corrected chi connectivity index (χ1v) is 29.9. The number of anilines is 4. The van der Waals surface area contributed by atoms with Gasteiger partial charge in [0.15, 0.2) is 11.3 Å². The smallest absolute Gasteiger partial charge is 0.154 e. The van der Waals surface area contributed by atoms with Gasteiger partial charge < -0.3 is 35.8 Å². The van der Waals surface area contributed by atoms with Gasteiger partial charge in [-0.2, -0.15) is 0 Å². The van der Waals surface area contributed by atoms with Crippen molar-refractivity contribution in [3.63, 3.8) is 0 Å². The summed E-state index contributed by atoms with van der Waals surface area (Å²) in [4.78, 5) is 37.7. The van der Waals surface area contributed by atoms with Crippen LogP contribution in [-0.4, -0.2) is 119 Å². The number of nitrogens with zero attached hydrogens (tertiary/aromatic N) is 14. The second kappa shape index (κ2) is 25.8. The molecule has 4 aliphatic heterocycles. The van der Waals surface area contributed by atoms with Crippen LogP contribution in [0.1, 0.15) is 94.8 Å². The summed E-state index contributed by atoms with van der Waals surface area (Å²) in [7, 11) is 1.50. The number of imidazole rings is 2. The maximum atomic E-state index is 14.0. The molecule has 0 radical (unpaired) electrons. The normalized spacial score (nSPS) is 18.2. The number of aliphatic hydroxyl groups is 1. The minimum Gasteiger partial charge on any atom is -0.393 e. The number of halogens is 2. The van der Waals surface area contributed by atoms with Crippen LogP contribution in [0.25, 0.3) is 56.6 Å². The van der Waals surface area contributed by atoms with E-state index < -0.39 is 0 Å². The van der Waals surface area contributed by atoms with Crippen molar-refractivity contribution >= 4 is 34.6 Å². The second-order valence-corrected chi connectivity index (χ2v) is 22.6. The van der Waals surface area contributed by atoms with E-state index in [2.05, 4.69) is 57.7 Å². The van der Waals surface area contributed by atoms with Crippen LogP contribution in [0.2, 0.25) is 0 Å². The first kappa shape index (κ1) is 57.6. The average molecular weight is 1160 g/mol. The molecule has 19 heteroatoms. The predicted octanol–water partition coefficient (Wildman–Crippen LogP) is 11.6. The van der Waals surface area contributed by atoms with Gasteiger partial charge in [-0.25, -0.2) is 47.7 Å². The summed E-state index contributed by atoms with van der Waals surface area (Å²) in [5.41, 5.74) is 14.9. The quantitative estimate of drug-likeness (QED) is 0.105. The van der Waals surface area contributed by atoms with Crippen LogP contribution in [0.4, 0.5) is 32.1 Å². The molecular weight excluding hydrogens is 1080 g/mol. The number of rotatable bonds is 12. The number of nitrogens with one attached hydrogen (secondary N) is 1. The molecule has 15 rings (SSSR count). The Labute approximate surface area is 500 Å². The number of piperidine rings is 2. The molecule has 86 heavy (non-hydrogen) atoms. The largest absolute Gasteiger partial charge is 0.393 e. The van der Waals surface area contributed by atoms with Gasteiger partial charge in [0.1, 0.15) is 46.3 Å². The van der Waals surface area contributed by atoms with Crippen molar-refractivity contribution in [1.82, 2.24) is 54.4 Å². The predicted molar refractivity (Wildman–Crippen MR) is 336 cm³/mol. The lowest BCUT2D eigenvalue weighted by atomic mass is 10.0. The Kier molecular flexibility index (Phi) is 17.3. The zero-order chi connectivity index (χ0) is 57.8. The molecule has 12 heterocycles. The molecule has 8 aromatic heterocycles. The number of aliphatic hydroxyl groups excluding tert-OH is 1. The highest BCUT2D eigenvalue weighted by molar-refractivity contribution is 5.70. The molecule has 0 spiro atoms. The summed E-state index contributed by atoms with van der Waals surface area (Å²) in [5, 5.41) is 23.7. The number of fused-ring (bicyclic) bond motifs is 2. The van der Waals surface area contributed by atoms with E-state index in [0.29, 0.717) is 6.04 Å². The Bertz CT molecular complexity index is 3930. The minimum atomic E-state index is -0.227. The van der Waals surface area contributed by atoms with Crippen molar-refractivity contribution in [2.75, 3.05) is 65.9 Å². The Morgan fingerprint density at radius 2 is 0.907 bits per heavy atom. The molecule has 2 atom stereocenters. The molecule has 0 bridgehead atoms. The molecule has 1 saturated carbocycles. The molecule has 5 fully saturated rings. The fourth-order valence-electron chi connectivity index (χ4n) is 12.5. The average Bonchev–Trinajstić information content (AvgIpc) is 2.76. The molecular formula is C67H74F2N16O. The van der Waals surface area contributed by atoms with Crippen molar-refractivity contribution in [3.05, 3.63) is 181 Å². The van der Waals surface area contributed by atoms with Crippen LogP contribution in [0.5, 0.6) is 0 Å². The van der Waals surface area contributed by atoms with Crippen LogP contribution in [0, 0.1) is 11.6 Å². The molecule has 442 valence electrons. The van der Waals surface area contributed by atoms with Gasteiger partial charge in [-0.05, 0) is 179 Å². The summed E-state index contributed by atoms with van der Waals surface area (Å²) in [6, 6.07) is 43.6. The summed E-state index contributed by atoms with van der Waals surface area (Å²) >= 11 is 0. The summed E-state index contributed by atoms with van der Waals surface area (Å²) < 4.78 is 31.7. The Hall–Kier alpha value is -8.78. The first-order valence-electron chi connectivity index (χ1n) is 29.9. The summed E-state index contributed by atoms with van der Waals surface area (Å²) in [5.74, 6) is 3.17. The van der Waals surface area contributed by atoms with Gasteiger partial charge in [0.05, 0.1) is 53.4 Å². The lowest BCUT2D eigenvalue weighted by Gasteiger charge is -2.33. The lowest BCUT2D eigenvalue weighted by molar-refractivity contribution is 0.145. The van der Waals surface area contributed by atoms with E-state index in [1.165, 1.54) is 32.0 Å². The van der Waals surface area contributed by atoms with E-state index in [1.54, 1.807) is 24.3 Å². The van der Waals surface area contributed by atoms with E-state index in [0.717, 1.165) is 188 Å². The molecule has 10 aromatic rings. The Balaban J connectivity index is 0.000000162. The summed E-state index contributed by atoms with van der Waals surface area (Å²) in [6.07, 6.45) is 17.6. The van der Waals surface area contributed by atoms with Crippen LogP contribution >= 0.6 is 0 Å². The van der Waals surface area contributed by atoms with E-state index >= 15 is 0 Å². The number of benzene rings is 2. The van der Waals surface area contributed by atoms with E-state index in [1.807, 2.05) is 119 Å². The van der Waals surface area contributed by atoms with Crippen LogP contribution < -0.4 is 30.7 Å². The summed E-state index contributed by atoms with van der Waals surface area (Å²) in [6.45, 7) is 5.34. The SMILES string of the molecule is C.CN.Fc1cccc(C2CCCN2c2ccc3ncc(-c4cccc(-c5ccnc(N6CCC(NC7CC7)CC6)c5)n4)n3n2)c1.OC1CCN(c2cc(-c3cccc(-c4cnc5ccc(N6CCCC6c6cccc(F)c6)nn45)n3)ccn2)CC1. The van der Waals surface area contributed by atoms with Gasteiger partial charge >= 0.3 is 0 Å². The molecule has 17 nitrogen and oxygen atoms in total. The Morgan fingerprint density at radius 1 is 0.465 bits per heavy atom. The van der Waals surface area contributed by atoms with Crippen LogP contribution in [0.15, 0.2) is 158 Å². The molecule has 5 aliphatic rings. The number of nitrogens with two attached hydrogens (primary N) is 1. The monoisotopic (exact) mass is 1160 g/mol. The van der Waals surface area contributed by atoms with Gasteiger partial charge in [0.2, 0.25) is 0 Å². The third-order valence-electron chi connectivity index (χ3n) is 17.0. The third-order valence-corrected chi connectivity index (χ3v) is 17.0. The lowest BCUT2D eigenvalue weighted by Crippen LogP contribution is -2.43. The number of aromatic nitrogens is 10. The number of hydrogen-bond donors (Lipinski definition) is 3. The zero-order valence-corrected chi connectivity index (χ0v) is 47.8.